The van der Waals surface area contributed by atoms with Crippen molar-refractivity contribution in [3.05, 3.63) is 16.7 Å². The minimum atomic E-state index is 0.165. The summed E-state index contributed by atoms with van der Waals surface area (Å²) in [5.74, 6) is 0.649. The van der Waals surface area contributed by atoms with Gasteiger partial charge in [0, 0.05) is 0 Å². The minimum Gasteiger partial charge on any atom is -0.310 e. The molecule has 16 heavy (non-hydrogen) atoms. The molecule has 5 heteroatoms. The number of pyridine rings is 1. The van der Waals surface area contributed by atoms with Gasteiger partial charge in [-0.05, 0) is 33.5 Å². The Morgan fingerprint density at radius 3 is 2.75 bits per heavy atom. The lowest BCUT2D eigenvalue weighted by atomic mass is 9.97. The van der Waals surface area contributed by atoms with Crippen LogP contribution in [0.2, 0.25) is 0 Å². The molecule has 0 spiro atoms. The number of imidazole rings is 1. The minimum absolute atomic E-state index is 0.165. The van der Waals surface area contributed by atoms with Gasteiger partial charge >= 0.3 is 5.95 Å². The van der Waals surface area contributed by atoms with Crippen molar-refractivity contribution in [1.29, 1.82) is 0 Å². The predicted octanol–water partition coefficient (Wildman–Crippen LogP) is 2.24. The van der Waals surface area contributed by atoms with Gasteiger partial charge in [0.2, 0.25) is 0 Å². The van der Waals surface area contributed by atoms with Crippen LogP contribution in [0.1, 0.15) is 20.8 Å². The van der Waals surface area contributed by atoms with Gasteiger partial charge in [-0.2, -0.15) is 0 Å². The SMILES string of the molecule is CC(C)(C)C[n+]1c(N)[nH]c2ccc(Br)nc21. The maximum absolute atomic E-state index is 5.96. The highest BCUT2D eigenvalue weighted by molar-refractivity contribution is 9.10. The molecular formula is C11H16BrN4+. The molecule has 0 aliphatic rings. The van der Waals surface area contributed by atoms with Gasteiger partial charge in [-0.1, -0.05) is 20.8 Å². The second kappa shape index (κ2) is 3.73. The number of hydrogen-bond donors (Lipinski definition) is 2. The third-order valence-corrected chi connectivity index (χ3v) is 2.72. The number of nitrogen functional groups attached to an aromatic ring is 1. The predicted molar refractivity (Wildman–Crippen MR) is 67.9 cm³/mol. The number of nitrogens with two attached hydrogens (primary N) is 1. The molecule has 0 saturated carbocycles. The maximum Gasteiger partial charge on any atom is 0.312 e. The molecule has 86 valence electrons. The van der Waals surface area contributed by atoms with Gasteiger partial charge in [0.25, 0.3) is 5.65 Å². The zero-order chi connectivity index (χ0) is 11.9. The number of H-pyrrole nitrogens is 1. The Bertz CT molecular complexity index is 524. The topological polar surface area (TPSA) is 58.6 Å². The number of aromatic nitrogens is 3. The molecule has 2 aromatic heterocycles. The molecule has 0 aliphatic carbocycles. The first kappa shape index (κ1) is 11.4. The van der Waals surface area contributed by atoms with Crippen LogP contribution in [-0.2, 0) is 6.54 Å². The summed E-state index contributed by atoms with van der Waals surface area (Å²) in [4.78, 5) is 7.58. The Hall–Kier alpha value is -1.10. The van der Waals surface area contributed by atoms with Crippen LogP contribution in [-0.4, -0.2) is 9.97 Å². The molecule has 3 N–H and O–H groups in total. The average Bonchev–Trinajstić information content (AvgIpc) is 2.42. The second-order valence-corrected chi connectivity index (χ2v) is 5.97. The summed E-state index contributed by atoms with van der Waals surface area (Å²) in [6.45, 7) is 7.37. The van der Waals surface area contributed by atoms with Crippen molar-refractivity contribution < 1.29 is 4.57 Å². The van der Waals surface area contributed by atoms with Crippen LogP contribution in [0.5, 0.6) is 0 Å². The fraction of sp³-hybridized carbons (Fsp3) is 0.455. The normalized spacial score (nSPS) is 12.2. The summed E-state index contributed by atoms with van der Waals surface area (Å²) in [7, 11) is 0. The van der Waals surface area contributed by atoms with E-state index in [-0.39, 0.29) is 5.41 Å². The number of nitrogens with one attached hydrogen (secondary N) is 1. The van der Waals surface area contributed by atoms with E-state index >= 15 is 0 Å². The molecule has 0 aliphatic heterocycles. The Balaban J connectivity index is 2.58. The molecule has 2 aromatic rings. The van der Waals surface area contributed by atoms with E-state index in [2.05, 4.69) is 46.7 Å². The van der Waals surface area contributed by atoms with Crippen molar-refractivity contribution in [3.8, 4) is 0 Å². The van der Waals surface area contributed by atoms with Crippen molar-refractivity contribution in [2.75, 3.05) is 5.73 Å². The number of anilines is 1. The maximum atomic E-state index is 5.96. The summed E-state index contributed by atoms with van der Waals surface area (Å²) < 4.78 is 2.83. The zero-order valence-electron chi connectivity index (χ0n) is 9.71. The van der Waals surface area contributed by atoms with Crippen molar-refractivity contribution in [3.63, 3.8) is 0 Å². The largest absolute Gasteiger partial charge is 0.312 e. The van der Waals surface area contributed by atoms with Gasteiger partial charge in [-0.15, -0.1) is 4.98 Å². The number of nitrogens with zero attached hydrogens (tertiary/aromatic N) is 2. The van der Waals surface area contributed by atoms with Gasteiger partial charge < -0.3 is 5.73 Å². The Kier molecular flexibility index (Phi) is 2.66. The molecular weight excluding hydrogens is 268 g/mol. The number of halogens is 1. The van der Waals surface area contributed by atoms with Crippen LogP contribution in [0.15, 0.2) is 16.7 Å². The molecule has 2 heterocycles. The lowest BCUT2D eigenvalue weighted by Crippen LogP contribution is -2.42. The molecule has 2 rings (SSSR count). The molecule has 0 atom stereocenters. The van der Waals surface area contributed by atoms with Crippen LogP contribution in [0.25, 0.3) is 11.2 Å². The molecule has 0 bridgehead atoms. The zero-order valence-corrected chi connectivity index (χ0v) is 11.3. The first-order chi connectivity index (χ1) is 7.37. The number of hydrogen-bond acceptors (Lipinski definition) is 2. The molecule has 4 nitrogen and oxygen atoms in total. The van der Waals surface area contributed by atoms with E-state index < -0.39 is 0 Å². The standard InChI is InChI=1S/C11H15BrN4/c1-11(2,3)6-16-9-7(14-10(16)13)4-5-8(12)15-9/h4-5H,6H2,1-3H3,(H2,13,14)/p+1. The van der Waals surface area contributed by atoms with Gasteiger partial charge in [0.15, 0.2) is 10.1 Å². The molecule has 0 amide bonds. The van der Waals surface area contributed by atoms with Crippen LogP contribution in [0, 0.1) is 5.41 Å². The summed E-state index contributed by atoms with van der Waals surface area (Å²) in [6.07, 6.45) is 0. The Labute approximate surface area is 103 Å². The average molecular weight is 284 g/mol. The second-order valence-electron chi connectivity index (χ2n) is 5.16. The molecule has 0 saturated heterocycles. The van der Waals surface area contributed by atoms with E-state index in [1.54, 1.807) is 0 Å². The Morgan fingerprint density at radius 1 is 1.44 bits per heavy atom. The lowest BCUT2D eigenvalue weighted by Gasteiger charge is -2.16. The van der Waals surface area contributed by atoms with E-state index in [4.69, 9.17) is 5.73 Å². The van der Waals surface area contributed by atoms with Crippen LogP contribution < -0.4 is 10.3 Å². The third kappa shape index (κ3) is 2.19. The van der Waals surface area contributed by atoms with Gasteiger partial charge in [-0.3, -0.25) is 4.98 Å². The van der Waals surface area contributed by atoms with Gasteiger partial charge in [0.1, 0.15) is 0 Å². The van der Waals surface area contributed by atoms with E-state index in [1.165, 1.54) is 0 Å². The fourth-order valence-electron chi connectivity index (χ4n) is 1.68. The molecule has 0 radical (unpaired) electrons. The highest BCUT2D eigenvalue weighted by Crippen LogP contribution is 2.18. The smallest absolute Gasteiger partial charge is 0.310 e. The van der Waals surface area contributed by atoms with E-state index in [0.717, 1.165) is 22.3 Å². The first-order valence-electron chi connectivity index (χ1n) is 5.20. The first-order valence-corrected chi connectivity index (χ1v) is 6.00. The number of aromatic amines is 1. The van der Waals surface area contributed by atoms with Crippen molar-refractivity contribution in [2.24, 2.45) is 5.41 Å². The summed E-state index contributed by atoms with van der Waals surface area (Å²) in [5.41, 5.74) is 7.98. The van der Waals surface area contributed by atoms with E-state index in [1.807, 2.05) is 16.7 Å². The molecule has 0 unspecified atom stereocenters. The summed E-state index contributed by atoms with van der Waals surface area (Å²) in [6, 6.07) is 3.88. The summed E-state index contributed by atoms with van der Waals surface area (Å²) in [5, 5.41) is 0. The van der Waals surface area contributed by atoms with E-state index in [0.29, 0.717) is 5.95 Å². The van der Waals surface area contributed by atoms with Crippen molar-refractivity contribution in [2.45, 2.75) is 27.3 Å². The Morgan fingerprint density at radius 2 is 2.12 bits per heavy atom. The molecule has 0 fully saturated rings. The van der Waals surface area contributed by atoms with Crippen molar-refractivity contribution in [1.82, 2.24) is 9.97 Å². The van der Waals surface area contributed by atoms with Crippen LogP contribution >= 0.6 is 15.9 Å². The highest BCUT2D eigenvalue weighted by atomic mass is 79.9. The number of fused-ring (bicyclic) bond motifs is 1. The quantitative estimate of drug-likeness (QED) is 0.623. The monoisotopic (exact) mass is 283 g/mol. The summed E-state index contributed by atoms with van der Waals surface area (Å²) >= 11 is 3.38. The van der Waals surface area contributed by atoms with Gasteiger partial charge in [-0.25, -0.2) is 4.57 Å². The lowest BCUT2D eigenvalue weighted by molar-refractivity contribution is -0.670. The van der Waals surface area contributed by atoms with Crippen molar-refractivity contribution >= 4 is 33.0 Å². The number of rotatable bonds is 1. The van der Waals surface area contributed by atoms with E-state index in [9.17, 15) is 0 Å². The third-order valence-electron chi connectivity index (χ3n) is 2.28. The van der Waals surface area contributed by atoms with Gasteiger partial charge in [0.05, 0.1) is 6.54 Å². The molecule has 0 aromatic carbocycles. The van der Waals surface area contributed by atoms with Crippen LogP contribution in [0.3, 0.4) is 0 Å². The fourth-order valence-corrected chi connectivity index (χ4v) is 1.98. The van der Waals surface area contributed by atoms with Crippen LogP contribution in [0.4, 0.5) is 5.95 Å². The highest BCUT2D eigenvalue weighted by Gasteiger charge is 2.21.